The molecule has 7 nitrogen and oxygen atoms in total. The first kappa shape index (κ1) is 30.1. The van der Waals surface area contributed by atoms with Crippen LogP contribution in [0.1, 0.15) is 31.9 Å². The first-order valence-electron chi connectivity index (χ1n) is 12.4. The maximum atomic E-state index is 13.8. The number of amides is 2. The first-order valence-corrected chi connectivity index (χ1v) is 13.2. The van der Waals surface area contributed by atoms with E-state index in [0.29, 0.717) is 32.9 Å². The predicted molar refractivity (Wildman–Crippen MR) is 154 cm³/mol. The van der Waals surface area contributed by atoms with Crippen molar-refractivity contribution in [3.05, 3.63) is 87.9 Å². The minimum absolute atomic E-state index is 0.0111. The van der Waals surface area contributed by atoms with Gasteiger partial charge in [-0.05, 0) is 38.5 Å². The van der Waals surface area contributed by atoms with Crippen molar-refractivity contribution in [3.8, 4) is 17.2 Å². The Morgan fingerprint density at radius 2 is 1.44 bits per heavy atom. The van der Waals surface area contributed by atoms with Gasteiger partial charge >= 0.3 is 0 Å². The molecule has 0 saturated heterocycles. The molecule has 0 heterocycles. The van der Waals surface area contributed by atoms with Crippen LogP contribution < -0.4 is 19.5 Å². The molecule has 0 bridgehead atoms. The van der Waals surface area contributed by atoms with Crippen molar-refractivity contribution in [2.45, 2.75) is 45.3 Å². The number of benzene rings is 3. The number of carbonyl (C=O) groups excluding carboxylic acids is 2. The number of nitrogens with one attached hydrogen (secondary N) is 1. The Morgan fingerprint density at radius 3 is 1.97 bits per heavy atom. The number of nitrogens with zero attached hydrogens (tertiary/aromatic N) is 1. The predicted octanol–water partition coefficient (Wildman–Crippen LogP) is 5.94. The Hall–Kier alpha value is -3.42. The molecule has 0 aliphatic carbocycles. The maximum absolute atomic E-state index is 13.8. The molecule has 1 atom stereocenters. The summed E-state index contributed by atoms with van der Waals surface area (Å²) in [7, 11) is 3.06. The molecule has 3 aromatic carbocycles. The van der Waals surface area contributed by atoms with Crippen molar-refractivity contribution in [1.29, 1.82) is 0 Å². The second-order valence-electron chi connectivity index (χ2n) is 10.0. The van der Waals surface area contributed by atoms with Gasteiger partial charge in [0.1, 0.15) is 23.3 Å². The van der Waals surface area contributed by atoms with E-state index in [1.54, 1.807) is 36.4 Å². The van der Waals surface area contributed by atoms with Crippen molar-refractivity contribution >= 4 is 35.0 Å². The minimum atomic E-state index is -0.866. The van der Waals surface area contributed by atoms with Gasteiger partial charge < -0.3 is 24.4 Å². The molecule has 2 amide bonds. The highest BCUT2D eigenvalue weighted by atomic mass is 35.5. The summed E-state index contributed by atoms with van der Waals surface area (Å²) in [6.07, 6.45) is 0.281. The lowest BCUT2D eigenvalue weighted by molar-refractivity contribution is -0.143. The third kappa shape index (κ3) is 8.80. The van der Waals surface area contributed by atoms with Gasteiger partial charge in [-0.25, -0.2) is 0 Å². The number of carbonyl (C=O) groups is 2. The molecule has 208 valence electrons. The average molecular weight is 574 g/mol. The van der Waals surface area contributed by atoms with Crippen LogP contribution in [0.3, 0.4) is 0 Å². The zero-order chi connectivity index (χ0) is 28.6. The lowest BCUT2D eigenvalue weighted by Gasteiger charge is -2.34. The third-order valence-electron chi connectivity index (χ3n) is 5.85. The summed E-state index contributed by atoms with van der Waals surface area (Å²) in [6, 6.07) is 18.8. The van der Waals surface area contributed by atoms with Crippen molar-refractivity contribution in [2.24, 2.45) is 0 Å². The molecule has 0 fully saturated rings. The third-order valence-corrected chi connectivity index (χ3v) is 6.55. The second-order valence-corrected chi connectivity index (χ2v) is 10.8. The Bertz CT molecular complexity index is 1240. The highest BCUT2D eigenvalue weighted by molar-refractivity contribution is 6.36. The zero-order valence-electron chi connectivity index (χ0n) is 22.8. The summed E-state index contributed by atoms with van der Waals surface area (Å²) in [6.45, 7) is 5.34. The van der Waals surface area contributed by atoms with Crippen LogP contribution in [-0.2, 0) is 22.6 Å². The number of halogens is 2. The fraction of sp³-hybridized carbons (Fsp3) is 0.333. The van der Waals surface area contributed by atoms with E-state index in [4.69, 9.17) is 37.4 Å². The fourth-order valence-corrected chi connectivity index (χ4v) is 4.47. The van der Waals surface area contributed by atoms with E-state index in [1.807, 2.05) is 51.1 Å². The van der Waals surface area contributed by atoms with Crippen molar-refractivity contribution in [1.82, 2.24) is 10.2 Å². The Balaban J connectivity index is 1.99. The van der Waals surface area contributed by atoms with E-state index in [-0.39, 0.29) is 25.5 Å². The van der Waals surface area contributed by atoms with Gasteiger partial charge in [-0.2, -0.15) is 0 Å². The van der Waals surface area contributed by atoms with Crippen LogP contribution in [0.25, 0.3) is 0 Å². The summed E-state index contributed by atoms with van der Waals surface area (Å²) in [4.78, 5) is 29.0. The van der Waals surface area contributed by atoms with Gasteiger partial charge in [0.25, 0.3) is 5.91 Å². The van der Waals surface area contributed by atoms with Crippen LogP contribution in [-0.4, -0.2) is 49.1 Å². The summed E-state index contributed by atoms with van der Waals surface area (Å²) >= 11 is 13.0. The highest BCUT2D eigenvalue weighted by Crippen LogP contribution is 2.29. The quantitative estimate of drug-likeness (QED) is 0.307. The first-order chi connectivity index (χ1) is 18.5. The number of hydrogen-bond acceptors (Lipinski definition) is 5. The van der Waals surface area contributed by atoms with Crippen molar-refractivity contribution < 1.29 is 23.8 Å². The van der Waals surface area contributed by atoms with Crippen molar-refractivity contribution in [3.63, 3.8) is 0 Å². The summed E-state index contributed by atoms with van der Waals surface area (Å²) in [5, 5.41) is 3.81. The van der Waals surface area contributed by atoms with E-state index in [0.717, 1.165) is 5.56 Å². The van der Waals surface area contributed by atoms with Gasteiger partial charge in [0.15, 0.2) is 6.61 Å². The molecular weight excluding hydrogens is 539 g/mol. The van der Waals surface area contributed by atoms with Crippen molar-refractivity contribution in [2.75, 3.05) is 20.8 Å². The van der Waals surface area contributed by atoms with E-state index < -0.39 is 17.5 Å². The molecule has 0 spiro atoms. The van der Waals surface area contributed by atoms with Crippen LogP contribution in [0, 0.1) is 0 Å². The van der Waals surface area contributed by atoms with E-state index in [2.05, 4.69) is 5.32 Å². The SMILES string of the molecule is COc1cc(OC)cc(OCC(=O)N(Cc2c(Cl)cccc2Cl)[C@H](Cc2ccccc2)C(=O)NC(C)(C)C)c1. The van der Waals surface area contributed by atoms with Crippen LogP contribution >= 0.6 is 23.2 Å². The molecule has 0 aliphatic rings. The molecule has 0 aliphatic heterocycles. The van der Waals surface area contributed by atoms with E-state index in [1.165, 1.54) is 19.1 Å². The molecular formula is C30H34Cl2N2O5. The highest BCUT2D eigenvalue weighted by Gasteiger charge is 2.33. The number of methoxy groups -OCH3 is 2. The summed E-state index contributed by atoms with van der Waals surface area (Å²) in [5.74, 6) is 0.698. The molecule has 39 heavy (non-hydrogen) atoms. The topological polar surface area (TPSA) is 77.1 Å². The Labute approximate surface area is 240 Å². The number of ether oxygens (including phenoxy) is 3. The molecule has 0 radical (unpaired) electrons. The summed E-state index contributed by atoms with van der Waals surface area (Å²) in [5.41, 5.74) is 0.920. The zero-order valence-corrected chi connectivity index (χ0v) is 24.3. The molecule has 0 aromatic heterocycles. The van der Waals surface area contributed by atoms with Gasteiger partial charge in [0, 0.05) is 52.3 Å². The minimum Gasteiger partial charge on any atom is -0.496 e. The standard InChI is InChI=1S/C30H34Cl2N2O5/c1-30(2,3)33-29(36)27(14-20-10-7-6-8-11-20)34(18-24-25(31)12-9-13-26(24)32)28(35)19-39-23-16-21(37-4)15-22(17-23)38-5/h6-13,15-17,27H,14,18-19H2,1-5H3,(H,33,36)/t27-/m1/s1. The van der Waals surface area contributed by atoms with E-state index in [9.17, 15) is 9.59 Å². The van der Waals surface area contributed by atoms with Gasteiger partial charge in [-0.15, -0.1) is 0 Å². The Morgan fingerprint density at radius 1 is 0.872 bits per heavy atom. The second kappa shape index (κ2) is 13.6. The lowest BCUT2D eigenvalue weighted by atomic mass is 10.0. The normalized spacial score (nSPS) is 11.9. The number of rotatable bonds is 11. The maximum Gasteiger partial charge on any atom is 0.261 e. The number of hydrogen-bond donors (Lipinski definition) is 1. The van der Waals surface area contributed by atoms with Gasteiger partial charge in [-0.1, -0.05) is 59.6 Å². The molecule has 3 aromatic rings. The van der Waals surface area contributed by atoms with Gasteiger partial charge in [0.05, 0.1) is 14.2 Å². The largest absolute Gasteiger partial charge is 0.496 e. The van der Waals surface area contributed by atoms with Crippen LogP contribution in [0.2, 0.25) is 10.0 Å². The van der Waals surface area contributed by atoms with Gasteiger partial charge in [0.2, 0.25) is 5.91 Å². The monoisotopic (exact) mass is 572 g/mol. The molecule has 1 N–H and O–H groups in total. The van der Waals surface area contributed by atoms with Crippen LogP contribution in [0.4, 0.5) is 0 Å². The molecule has 3 rings (SSSR count). The lowest BCUT2D eigenvalue weighted by Crippen LogP contribution is -2.55. The molecule has 0 saturated carbocycles. The Kier molecular flexibility index (Phi) is 10.5. The summed E-state index contributed by atoms with van der Waals surface area (Å²) < 4.78 is 16.5. The van der Waals surface area contributed by atoms with Crippen LogP contribution in [0.5, 0.6) is 17.2 Å². The van der Waals surface area contributed by atoms with Gasteiger partial charge in [-0.3, -0.25) is 9.59 Å². The fourth-order valence-electron chi connectivity index (χ4n) is 3.95. The molecule has 0 unspecified atom stereocenters. The van der Waals surface area contributed by atoms with E-state index >= 15 is 0 Å². The van der Waals surface area contributed by atoms with Crippen LogP contribution in [0.15, 0.2) is 66.7 Å². The smallest absolute Gasteiger partial charge is 0.261 e. The average Bonchev–Trinajstić information content (AvgIpc) is 2.90. The molecule has 9 heteroatoms.